The van der Waals surface area contributed by atoms with E-state index in [2.05, 4.69) is 31.8 Å². The van der Waals surface area contributed by atoms with Crippen molar-refractivity contribution in [2.75, 3.05) is 20.8 Å². The van der Waals surface area contributed by atoms with Gasteiger partial charge in [0.25, 0.3) is 11.8 Å². The number of halogens is 1. The minimum Gasteiger partial charge on any atom is -0.496 e. The molecule has 2 aromatic rings. The van der Waals surface area contributed by atoms with Gasteiger partial charge in [-0.05, 0) is 59.6 Å². The molecule has 2 aromatic carbocycles. The molecule has 0 saturated carbocycles. The molecule has 0 aliphatic rings. The first-order valence-electron chi connectivity index (χ1n) is 9.13. The summed E-state index contributed by atoms with van der Waals surface area (Å²) in [6, 6.07) is 10.3. The van der Waals surface area contributed by atoms with Crippen LogP contribution in [0.1, 0.15) is 29.8 Å². The molecular formula is C21H24BrN3O5. The highest BCUT2D eigenvalue weighted by molar-refractivity contribution is 9.10. The fourth-order valence-electron chi connectivity index (χ4n) is 2.47. The number of hydrogen-bond acceptors (Lipinski definition) is 6. The van der Waals surface area contributed by atoms with Gasteiger partial charge in [-0.2, -0.15) is 5.10 Å². The molecule has 0 saturated heterocycles. The lowest BCUT2D eigenvalue weighted by Gasteiger charge is -2.15. The van der Waals surface area contributed by atoms with Gasteiger partial charge in [0.05, 0.1) is 43.1 Å². The summed E-state index contributed by atoms with van der Waals surface area (Å²) in [5.74, 6) is 0.668. The summed E-state index contributed by atoms with van der Waals surface area (Å²) in [5, 5.41) is 6.44. The molecule has 2 amide bonds. The Labute approximate surface area is 183 Å². The lowest BCUT2D eigenvalue weighted by Crippen LogP contribution is -2.35. The first-order valence-corrected chi connectivity index (χ1v) is 9.92. The molecule has 0 atom stereocenters. The van der Waals surface area contributed by atoms with E-state index >= 15 is 0 Å². The second-order valence-electron chi connectivity index (χ2n) is 6.38. The van der Waals surface area contributed by atoms with Crippen LogP contribution in [0.4, 0.5) is 0 Å². The van der Waals surface area contributed by atoms with Crippen molar-refractivity contribution in [3.05, 3.63) is 52.0 Å². The molecule has 0 aliphatic heterocycles. The molecular weight excluding hydrogens is 454 g/mol. The number of benzene rings is 2. The molecule has 0 radical (unpaired) electrons. The van der Waals surface area contributed by atoms with Crippen molar-refractivity contribution in [1.29, 1.82) is 0 Å². The van der Waals surface area contributed by atoms with Crippen LogP contribution in [0.2, 0.25) is 0 Å². The van der Waals surface area contributed by atoms with Gasteiger partial charge in [0, 0.05) is 0 Å². The van der Waals surface area contributed by atoms with E-state index in [1.807, 2.05) is 13.8 Å². The smallest absolute Gasteiger partial charge is 0.259 e. The van der Waals surface area contributed by atoms with E-state index in [0.717, 1.165) is 0 Å². The zero-order chi connectivity index (χ0) is 22.1. The Bertz CT molecular complexity index is 931. The molecule has 30 heavy (non-hydrogen) atoms. The molecule has 2 rings (SSSR count). The number of nitrogens with one attached hydrogen (secondary N) is 2. The average Bonchev–Trinajstić information content (AvgIpc) is 2.73. The quantitative estimate of drug-likeness (QED) is 0.427. The normalized spacial score (nSPS) is 10.7. The van der Waals surface area contributed by atoms with E-state index < -0.39 is 11.8 Å². The SMILES string of the molecule is COc1ccccc1C(=O)NCC(=O)NN=Cc1cc(Br)c(OC(C)C)c(OC)c1. The van der Waals surface area contributed by atoms with E-state index in [4.69, 9.17) is 14.2 Å². The standard InChI is InChI=1S/C21H24BrN3O5/c1-13(2)30-20-16(22)9-14(10-18(20)29-4)11-24-25-19(26)12-23-21(27)15-7-5-6-8-17(15)28-3/h5-11,13H,12H2,1-4H3,(H,23,27)(H,25,26). The van der Waals surface area contributed by atoms with Crippen molar-refractivity contribution < 1.29 is 23.8 Å². The number of rotatable bonds is 9. The Balaban J connectivity index is 1.94. The Kier molecular flexibility index (Phi) is 8.67. The van der Waals surface area contributed by atoms with E-state index in [9.17, 15) is 9.59 Å². The summed E-state index contributed by atoms with van der Waals surface area (Å²) >= 11 is 3.45. The molecule has 0 bridgehead atoms. The van der Waals surface area contributed by atoms with Crippen LogP contribution < -0.4 is 25.0 Å². The second kappa shape index (κ2) is 11.2. The first kappa shape index (κ1) is 23.2. The summed E-state index contributed by atoms with van der Waals surface area (Å²) in [7, 11) is 3.02. The van der Waals surface area contributed by atoms with Gasteiger partial charge in [-0.1, -0.05) is 12.1 Å². The van der Waals surface area contributed by atoms with Gasteiger partial charge in [-0.15, -0.1) is 0 Å². The fourth-order valence-corrected chi connectivity index (χ4v) is 3.02. The lowest BCUT2D eigenvalue weighted by molar-refractivity contribution is -0.120. The molecule has 0 heterocycles. The van der Waals surface area contributed by atoms with E-state index in [-0.39, 0.29) is 12.6 Å². The number of nitrogens with zero attached hydrogens (tertiary/aromatic N) is 1. The predicted molar refractivity (Wildman–Crippen MR) is 118 cm³/mol. The zero-order valence-electron chi connectivity index (χ0n) is 17.2. The lowest BCUT2D eigenvalue weighted by atomic mass is 10.2. The molecule has 0 unspecified atom stereocenters. The molecule has 9 heteroatoms. The molecule has 8 nitrogen and oxygen atoms in total. The Hall–Kier alpha value is -3.07. The topological polar surface area (TPSA) is 98.2 Å². The molecule has 0 aromatic heterocycles. The average molecular weight is 478 g/mol. The summed E-state index contributed by atoms with van der Waals surface area (Å²) in [4.78, 5) is 24.2. The number of para-hydroxylation sites is 1. The highest BCUT2D eigenvalue weighted by Crippen LogP contribution is 2.36. The van der Waals surface area contributed by atoms with Gasteiger partial charge in [-0.3, -0.25) is 9.59 Å². The fraction of sp³-hybridized carbons (Fsp3) is 0.286. The van der Waals surface area contributed by atoms with Crippen LogP contribution in [0.15, 0.2) is 46.0 Å². The summed E-state index contributed by atoms with van der Waals surface area (Å²) < 4.78 is 16.9. The van der Waals surface area contributed by atoms with Crippen molar-refractivity contribution in [2.45, 2.75) is 20.0 Å². The van der Waals surface area contributed by atoms with Crippen LogP contribution >= 0.6 is 15.9 Å². The molecule has 0 aliphatic carbocycles. The largest absolute Gasteiger partial charge is 0.496 e. The van der Waals surface area contributed by atoms with Crippen molar-refractivity contribution in [1.82, 2.24) is 10.7 Å². The van der Waals surface area contributed by atoms with Crippen LogP contribution in [-0.2, 0) is 4.79 Å². The number of methoxy groups -OCH3 is 2. The van der Waals surface area contributed by atoms with Crippen LogP contribution in [0.5, 0.6) is 17.2 Å². The Morgan fingerprint density at radius 3 is 2.50 bits per heavy atom. The monoisotopic (exact) mass is 477 g/mol. The maximum absolute atomic E-state index is 12.2. The minimum absolute atomic E-state index is 0.0138. The molecule has 0 spiro atoms. The molecule has 160 valence electrons. The summed E-state index contributed by atoms with van der Waals surface area (Å²) in [6.45, 7) is 3.61. The Morgan fingerprint density at radius 2 is 1.83 bits per heavy atom. The van der Waals surface area contributed by atoms with E-state index in [1.54, 1.807) is 43.5 Å². The number of carbonyl (C=O) groups is 2. The number of hydrogen-bond donors (Lipinski definition) is 2. The van der Waals surface area contributed by atoms with Gasteiger partial charge in [0.15, 0.2) is 11.5 Å². The first-order chi connectivity index (χ1) is 14.3. The number of hydrazone groups is 1. The van der Waals surface area contributed by atoms with Gasteiger partial charge in [0.2, 0.25) is 0 Å². The zero-order valence-corrected chi connectivity index (χ0v) is 18.8. The number of ether oxygens (including phenoxy) is 3. The van der Waals surface area contributed by atoms with Crippen molar-refractivity contribution in [3.8, 4) is 17.2 Å². The minimum atomic E-state index is -0.472. The van der Waals surface area contributed by atoms with Crippen molar-refractivity contribution in [2.24, 2.45) is 5.10 Å². The van der Waals surface area contributed by atoms with Crippen LogP contribution in [0.3, 0.4) is 0 Å². The molecule has 2 N–H and O–H groups in total. The van der Waals surface area contributed by atoms with Crippen molar-refractivity contribution >= 4 is 34.0 Å². The number of carbonyl (C=O) groups excluding carboxylic acids is 2. The Morgan fingerprint density at radius 1 is 1.13 bits per heavy atom. The summed E-state index contributed by atoms with van der Waals surface area (Å²) in [5.41, 5.74) is 3.40. The van der Waals surface area contributed by atoms with Crippen LogP contribution in [0, 0.1) is 0 Å². The van der Waals surface area contributed by atoms with Gasteiger partial charge < -0.3 is 19.5 Å². The molecule has 0 fully saturated rings. The third-order valence-electron chi connectivity index (χ3n) is 3.77. The predicted octanol–water partition coefficient (Wildman–Crippen LogP) is 3.13. The van der Waals surface area contributed by atoms with E-state index in [1.165, 1.54) is 13.3 Å². The van der Waals surface area contributed by atoms with E-state index in [0.29, 0.717) is 32.8 Å². The third kappa shape index (κ3) is 6.48. The summed E-state index contributed by atoms with van der Waals surface area (Å²) in [6.07, 6.45) is 1.45. The van der Waals surface area contributed by atoms with Gasteiger partial charge in [0.1, 0.15) is 5.75 Å². The maximum atomic E-state index is 12.2. The van der Waals surface area contributed by atoms with Gasteiger partial charge >= 0.3 is 0 Å². The number of amides is 2. The van der Waals surface area contributed by atoms with Gasteiger partial charge in [-0.25, -0.2) is 5.43 Å². The highest BCUT2D eigenvalue weighted by atomic mass is 79.9. The maximum Gasteiger partial charge on any atom is 0.259 e. The van der Waals surface area contributed by atoms with Crippen LogP contribution in [-0.4, -0.2) is 44.9 Å². The second-order valence-corrected chi connectivity index (χ2v) is 7.23. The highest BCUT2D eigenvalue weighted by Gasteiger charge is 2.13. The third-order valence-corrected chi connectivity index (χ3v) is 4.36. The van der Waals surface area contributed by atoms with Crippen LogP contribution in [0.25, 0.3) is 0 Å². The van der Waals surface area contributed by atoms with Crippen molar-refractivity contribution in [3.63, 3.8) is 0 Å².